The van der Waals surface area contributed by atoms with Gasteiger partial charge in [0.15, 0.2) is 0 Å². The molecule has 0 atom stereocenters. The summed E-state index contributed by atoms with van der Waals surface area (Å²) < 4.78 is 0. The highest BCUT2D eigenvalue weighted by Gasteiger charge is 2.19. The fourth-order valence-corrected chi connectivity index (χ4v) is 3.84. The maximum atomic E-state index is 5.06. The van der Waals surface area contributed by atoms with Crippen LogP contribution in [0.5, 0.6) is 0 Å². The molecule has 0 saturated carbocycles. The molecular weight excluding hydrogens is 388 g/mol. The van der Waals surface area contributed by atoms with Gasteiger partial charge in [-0.3, -0.25) is 0 Å². The summed E-state index contributed by atoms with van der Waals surface area (Å²) in [4.78, 5) is 5.06. The normalized spacial score (nSPS) is 12.4. The molecular formula is C30H32N2. The molecule has 0 radical (unpaired) electrons. The van der Waals surface area contributed by atoms with Gasteiger partial charge in [-0.2, -0.15) is 0 Å². The fraction of sp³-hybridized carbons (Fsp3) is 0.167. The molecule has 1 aromatic heterocycles. The Kier molecular flexibility index (Phi) is 7.27. The Morgan fingerprint density at radius 2 is 1.62 bits per heavy atom. The molecule has 2 heteroatoms. The largest absolute Gasteiger partial charge is 0.344 e. The number of nitrogens with zero attached hydrogens (tertiary/aromatic N) is 1. The molecule has 2 aromatic carbocycles. The molecule has 32 heavy (non-hydrogen) atoms. The van der Waals surface area contributed by atoms with Gasteiger partial charge in [0, 0.05) is 22.4 Å². The van der Waals surface area contributed by atoms with Crippen molar-refractivity contribution in [1.29, 1.82) is 0 Å². The van der Waals surface area contributed by atoms with Crippen molar-refractivity contribution in [3.63, 3.8) is 0 Å². The van der Waals surface area contributed by atoms with Crippen LogP contribution in [-0.4, -0.2) is 4.98 Å². The van der Waals surface area contributed by atoms with Crippen LogP contribution in [0.1, 0.15) is 43.0 Å². The van der Waals surface area contributed by atoms with Gasteiger partial charge in [0.2, 0.25) is 0 Å². The van der Waals surface area contributed by atoms with Gasteiger partial charge in [-0.25, -0.2) is 4.98 Å². The number of aryl methyl sites for hydroxylation is 1. The summed E-state index contributed by atoms with van der Waals surface area (Å²) in [6.07, 6.45) is 7.96. The molecule has 0 spiro atoms. The Hall–Kier alpha value is -3.65. The van der Waals surface area contributed by atoms with Crippen molar-refractivity contribution in [3.05, 3.63) is 108 Å². The summed E-state index contributed by atoms with van der Waals surface area (Å²) in [5.41, 5.74) is 11.1. The van der Waals surface area contributed by atoms with E-state index >= 15 is 0 Å². The molecule has 4 rings (SSSR count). The summed E-state index contributed by atoms with van der Waals surface area (Å²) in [6.45, 7) is 18.4. The topological polar surface area (TPSA) is 24.9 Å². The Balaban J connectivity index is 0.00000141. The molecule has 1 N–H and O–H groups in total. The number of pyridine rings is 1. The molecule has 162 valence electrons. The average Bonchev–Trinajstić information content (AvgIpc) is 2.81. The van der Waals surface area contributed by atoms with Gasteiger partial charge in [0.25, 0.3) is 0 Å². The van der Waals surface area contributed by atoms with Crippen LogP contribution in [0.15, 0.2) is 85.6 Å². The van der Waals surface area contributed by atoms with Crippen molar-refractivity contribution in [2.24, 2.45) is 0 Å². The van der Waals surface area contributed by atoms with Crippen LogP contribution in [0.2, 0.25) is 0 Å². The van der Waals surface area contributed by atoms with Gasteiger partial charge in [-0.15, -0.1) is 0 Å². The van der Waals surface area contributed by atoms with E-state index in [4.69, 9.17) is 4.98 Å². The van der Waals surface area contributed by atoms with Gasteiger partial charge in [0.05, 0.1) is 5.69 Å². The Bertz CT molecular complexity index is 1210. The van der Waals surface area contributed by atoms with Crippen molar-refractivity contribution in [1.82, 2.24) is 4.98 Å². The maximum Gasteiger partial charge on any atom is 0.138 e. The zero-order valence-corrected chi connectivity index (χ0v) is 19.8. The number of anilines is 1. The minimum absolute atomic E-state index is 0.859. The summed E-state index contributed by atoms with van der Waals surface area (Å²) in [7, 11) is 0. The Labute approximate surface area is 192 Å². The van der Waals surface area contributed by atoms with Crippen molar-refractivity contribution in [2.75, 3.05) is 5.32 Å². The monoisotopic (exact) mass is 420 g/mol. The first-order chi connectivity index (χ1) is 15.5. The lowest BCUT2D eigenvalue weighted by Gasteiger charge is -2.22. The van der Waals surface area contributed by atoms with Crippen LogP contribution < -0.4 is 5.32 Å². The van der Waals surface area contributed by atoms with Crippen LogP contribution >= 0.6 is 0 Å². The van der Waals surface area contributed by atoms with E-state index in [2.05, 4.69) is 86.9 Å². The fourth-order valence-electron chi connectivity index (χ4n) is 3.84. The third-order valence-electron chi connectivity index (χ3n) is 5.55. The van der Waals surface area contributed by atoms with E-state index in [1.165, 1.54) is 16.7 Å². The minimum atomic E-state index is 0.859. The Morgan fingerprint density at radius 1 is 0.906 bits per heavy atom. The van der Waals surface area contributed by atoms with Gasteiger partial charge in [-0.1, -0.05) is 81.6 Å². The summed E-state index contributed by atoms with van der Waals surface area (Å²) >= 11 is 0. The third kappa shape index (κ3) is 4.65. The van der Waals surface area contributed by atoms with E-state index in [1.807, 2.05) is 39.0 Å². The lowest BCUT2D eigenvalue weighted by molar-refractivity contribution is 1.23. The summed E-state index contributed by atoms with van der Waals surface area (Å²) in [6, 6.07) is 17.1. The highest BCUT2D eigenvalue weighted by molar-refractivity contribution is 5.91. The molecule has 3 aromatic rings. The molecule has 0 aliphatic carbocycles. The quantitative estimate of drug-likeness (QED) is 0.427. The molecule has 2 nitrogen and oxygen atoms in total. The number of fused-ring (bicyclic) bond motifs is 1. The number of aromatic nitrogens is 1. The zero-order valence-electron chi connectivity index (χ0n) is 19.8. The van der Waals surface area contributed by atoms with E-state index in [0.29, 0.717) is 0 Å². The highest BCUT2D eigenvalue weighted by Crippen LogP contribution is 2.39. The second-order valence-corrected chi connectivity index (χ2v) is 7.73. The second kappa shape index (κ2) is 10.1. The van der Waals surface area contributed by atoms with E-state index < -0.39 is 0 Å². The molecule has 1 aliphatic heterocycles. The van der Waals surface area contributed by atoms with Gasteiger partial charge in [-0.05, 0) is 66.8 Å². The lowest BCUT2D eigenvalue weighted by Crippen LogP contribution is -2.08. The lowest BCUT2D eigenvalue weighted by atomic mass is 9.90. The molecule has 0 saturated heterocycles. The third-order valence-corrected chi connectivity index (χ3v) is 5.55. The van der Waals surface area contributed by atoms with Crippen LogP contribution in [0.4, 0.5) is 5.82 Å². The van der Waals surface area contributed by atoms with Crippen LogP contribution in [0, 0.1) is 13.8 Å². The molecule has 0 bridgehead atoms. The molecule has 0 unspecified atom stereocenters. The standard InChI is InChI=1S/C28H26N2.C2H6/c1-6-7-11-23-16-24(15-18(2)21(23)5)26-17-25-19(3)14-20(4)29-28(25)30-27(26)22-12-9-8-10-13-22;1-2/h6-17H,1,3H2,2,4-5H3,(H,29,30);1-2H3/b11-7-;. The van der Waals surface area contributed by atoms with Crippen LogP contribution in [-0.2, 0) is 0 Å². The van der Waals surface area contributed by atoms with Crippen molar-refractivity contribution >= 4 is 17.5 Å². The molecule has 0 fully saturated rings. The first-order valence-electron chi connectivity index (χ1n) is 11.1. The molecule has 1 aliphatic rings. The highest BCUT2D eigenvalue weighted by atomic mass is 15.0. The number of benzene rings is 2. The maximum absolute atomic E-state index is 5.06. The van der Waals surface area contributed by atoms with E-state index in [1.54, 1.807) is 0 Å². The average molecular weight is 421 g/mol. The number of hydrogen-bond acceptors (Lipinski definition) is 2. The van der Waals surface area contributed by atoms with Crippen LogP contribution in [0.25, 0.3) is 34.0 Å². The molecule has 2 heterocycles. The van der Waals surface area contributed by atoms with E-state index in [0.717, 1.165) is 45.0 Å². The smallest absolute Gasteiger partial charge is 0.138 e. The zero-order chi connectivity index (χ0) is 23.3. The van der Waals surface area contributed by atoms with Gasteiger partial charge in [0.1, 0.15) is 5.82 Å². The minimum Gasteiger partial charge on any atom is -0.344 e. The van der Waals surface area contributed by atoms with Crippen molar-refractivity contribution in [2.45, 2.75) is 34.6 Å². The second-order valence-electron chi connectivity index (χ2n) is 7.73. The summed E-state index contributed by atoms with van der Waals surface area (Å²) in [5.74, 6) is 0.859. The van der Waals surface area contributed by atoms with E-state index in [-0.39, 0.29) is 0 Å². The number of hydrogen-bond donors (Lipinski definition) is 1. The number of nitrogens with one attached hydrogen (secondary N) is 1. The van der Waals surface area contributed by atoms with E-state index in [9.17, 15) is 0 Å². The van der Waals surface area contributed by atoms with Gasteiger partial charge < -0.3 is 5.32 Å². The summed E-state index contributed by atoms with van der Waals surface area (Å²) in [5, 5.41) is 3.41. The predicted octanol–water partition coefficient (Wildman–Crippen LogP) is 8.60. The first-order valence-corrected chi connectivity index (χ1v) is 11.1. The van der Waals surface area contributed by atoms with Crippen molar-refractivity contribution in [3.8, 4) is 22.4 Å². The molecule has 0 amide bonds. The number of rotatable bonds is 4. The van der Waals surface area contributed by atoms with Crippen LogP contribution in [0.3, 0.4) is 0 Å². The van der Waals surface area contributed by atoms with Crippen molar-refractivity contribution < 1.29 is 0 Å². The Morgan fingerprint density at radius 3 is 2.31 bits per heavy atom. The SMILES string of the molecule is C=C/C=C\c1cc(-c2cc3c(nc2-c2ccccc2)NC(C)=CC3=C)cc(C)c1C.CC. The number of allylic oxidation sites excluding steroid dienone is 5. The first kappa shape index (κ1) is 23.0. The predicted molar refractivity (Wildman–Crippen MR) is 142 cm³/mol. The van der Waals surface area contributed by atoms with Gasteiger partial charge >= 0.3 is 0 Å².